The molecule has 2 aromatic rings. The van der Waals surface area contributed by atoms with Crippen LogP contribution in [0.2, 0.25) is 10.0 Å². The predicted molar refractivity (Wildman–Crippen MR) is 117 cm³/mol. The summed E-state index contributed by atoms with van der Waals surface area (Å²) in [4.78, 5) is 12.9. The zero-order valence-electron chi connectivity index (χ0n) is 16.3. The van der Waals surface area contributed by atoms with Crippen molar-refractivity contribution in [1.29, 1.82) is 0 Å². The van der Waals surface area contributed by atoms with Crippen LogP contribution in [-0.2, 0) is 27.6 Å². The van der Waals surface area contributed by atoms with Crippen molar-refractivity contribution in [3.63, 3.8) is 0 Å². The van der Waals surface area contributed by atoms with Crippen molar-refractivity contribution in [3.8, 4) is 0 Å². The minimum absolute atomic E-state index is 0.0138. The molecule has 0 spiro atoms. The number of ether oxygens (including phenoxy) is 1. The average molecular weight is 469 g/mol. The molecule has 0 atom stereocenters. The number of carbonyl (C=O) groups excluding carboxylic acids is 1. The Morgan fingerprint density at radius 1 is 1.03 bits per heavy atom. The molecule has 0 saturated carbocycles. The predicted octanol–water partition coefficient (Wildman–Crippen LogP) is 4.15. The third-order valence-electron chi connectivity index (χ3n) is 5.50. The maximum absolute atomic E-state index is 13.1. The van der Waals surface area contributed by atoms with Crippen molar-refractivity contribution >= 4 is 44.8 Å². The molecule has 0 aromatic heterocycles. The fourth-order valence-corrected chi connectivity index (χ4v) is 6.16. The van der Waals surface area contributed by atoms with Crippen molar-refractivity contribution in [1.82, 2.24) is 4.31 Å². The van der Waals surface area contributed by atoms with Crippen LogP contribution >= 0.6 is 23.2 Å². The van der Waals surface area contributed by atoms with E-state index >= 15 is 0 Å². The highest BCUT2D eigenvalue weighted by Gasteiger charge is 2.30. The van der Waals surface area contributed by atoms with Crippen LogP contribution in [-0.4, -0.2) is 44.9 Å². The minimum atomic E-state index is -3.87. The number of rotatable bonds is 4. The zero-order chi connectivity index (χ0) is 21.3. The molecule has 1 aliphatic heterocycles. The minimum Gasteiger partial charge on any atom is -0.379 e. The van der Waals surface area contributed by atoms with E-state index in [9.17, 15) is 13.2 Å². The molecule has 1 aliphatic carbocycles. The summed E-state index contributed by atoms with van der Waals surface area (Å²) in [6.45, 7) is 1.10. The Morgan fingerprint density at radius 3 is 2.53 bits per heavy atom. The van der Waals surface area contributed by atoms with Crippen LogP contribution in [0.5, 0.6) is 0 Å². The number of amides is 1. The number of nitrogens with one attached hydrogen (secondary N) is 1. The van der Waals surface area contributed by atoms with Gasteiger partial charge in [-0.25, -0.2) is 8.42 Å². The van der Waals surface area contributed by atoms with Gasteiger partial charge < -0.3 is 10.1 Å². The molecule has 6 nitrogen and oxygen atoms in total. The Balaban J connectivity index is 1.66. The number of nitrogens with zero attached hydrogens (tertiary/aromatic N) is 1. The average Bonchev–Trinajstić information content (AvgIpc) is 2.74. The number of hydrogen-bond acceptors (Lipinski definition) is 4. The number of anilines is 1. The van der Waals surface area contributed by atoms with Gasteiger partial charge in [-0.05, 0) is 55.0 Å². The van der Waals surface area contributed by atoms with Gasteiger partial charge in [-0.1, -0.05) is 35.3 Å². The molecule has 1 saturated heterocycles. The van der Waals surface area contributed by atoms with Crippen LogP contribution in [0.4, 0.5) is 5.69 Å². The smallest absolute Gasteiger partial charge is 0.257 e. The van der Waals surface area contributed by atoms with E-state index in [1.807, 2.05) is 12.1 Å². The Bertz CT molecular complexity index is 1080. The normalized spacial score (nSPS) is 17.4. The molecule has 2 aromatic carbocycles. The second-order valence-electron chi connectivity index (χ2n) is 7.38. The molecule has 0 radical (unpaired) electrons. The van der Waals surface area contributed by atoms with Gasteiger partial charge in [-0.2, -0.15) is 4.31 Å². The molecular formula is C21H22Cl2N2O4S. The Morgan fingerprint density at radius 2 is 1.77 bits per heavy atom. The third kappa shape index (κ3) is 4.22. The first-order valence-corrected chi connectivity index (χ1v) is 12.1. The monoisotopic (exact) mass is 468 g/mol. The fourth-order valence-electron chi connectivity index (χ4n) is 3.91. The molecule has 4 rings (SSSR count). The molecule has 1 amide bonds. The van der Waals surface area contributed by atoms with Gasteiger partial charge in [0, 0.05) is 18.8 Å². The van der Waals surface area contributed by atoms with Gasteiger partial charge in [0.15, 0.2) is 0 Å². The van der Waals surface area contributed by atoms with Gasteiger partial charge in [0.25, 0.3) is 5.91 Å². The van der Waals surface area contributed by atoms with E-state index in [2.05, 4.69) is 11.4 Å². The van der Waals surface area contributed by atoms with Crippen LogP contribution in [0.15, 0.2) is 35.2 Å². The number of halogens is 2. The maximum Gasteiger partial charge on any atom is 0.257 e. The van der Waals surface area contributed by atoms with Crippen molar-refractivity contribution in [2.45, 2.75) is 30.6 Å². The Labute approximate surface area is 186 Å². The molecule has 1 N–H and O–H groups in total. The molecule has 9 heteroatoms. The highest BCUT2D eigenvalue weighted by atomic mass is 35.5. The lowest BCUT2D eigenvalue weighted by Gasteiger charge is -2.26. The van der Waals surface area contributed by atoms with Gasteiger partial charge in [-0.3, -0.25) is 4.79 Å². The van der Waals surface area contributed by atoms with Crippen LogP contribution in [0.1, 0.15) is 34.3 Å². The molecular weight excluding hydrogens is 447 g/mol. The molecule has 2 aliphatic rings. The zero-order valence-corrected chi connectivity index (χ0v) is 18.6. The Kier molecular flexibility index (Phi) is 6.36. The van der Waals surface area contributed by atoms with Gasteiger partial charge in [0.1, 0.15) is 4.90 Å². The summed E-state index contributed by atoms with van der Waals surface area (Å²) in [7, 11) is -3.87. The fraction of sp³-hybridized carbons (Fsp3) is 0.381. The van der Waals surface area contributed by atoms with Crippen LogP contribution in [0.3, 0.4) is 0 Å². The van der Waals surface area contributed by atoms with Crippen molar-refractivity contribution < 1.29 is 17.9 Å². The lowest BCUT2D eigenvalue weighted by atomic mass is 9.90. The second-order valence-corrected chi connectivity index (χ2v) is 10.1. The number of hydrogen-bond donors (Lipinski definition) is 1. The summed E-state index contributed by atoms with van der Waals surface area (Å²) in [5, 5.41) is 3.00. The first-order chi connectivity index (χ1) is 14.4. The van der Waals surface area contributed by atoms with Crippen LogP contribution in [0, 0.1) is 0 Å². The van der Waals surface area contributed by atoms with E-state index in [0.29, 0.717) is 13.2 Å². The number of sulfonamides is 1. The first kappa shape index (κ1) is 21.6. The molecule has 0 unspecified atom stereocenters. The standard InChI is InChI=1S/C21H22Cl2N2O4S/c22-17-13-18(23)20(30(27,28)25-8-10-29-11-9-25)12-16(17)21(26)24-19-7-3-5-14-4-1-2-6-15(14)19/h3,5,7,12-13H,1-2,4,6,8-11H2,(H,24,26). The lowest BCUT2D eigenvalue weighted by Crippen LogP contribution is -2.40. The molecule has 1 fully saturated rings. The van der Waals surface area contributed by atoms with E-state index in [4.69, 9.17) is 27.9 Å². The summed E-state index contributed by atoms with van der Waals surface area (Å²) in [5.74, 6) is -0.464. The largest absolute Gasteiger partial charge is 0.379 e. The molecule has 1 heterocycles. The first-order valence-electron chi connectivity index (χ1n) is 9.87. The number of fused-ring (bicyclic) bond motifs is 1. The number of aryl methyl sites for hydroxylation is 1. The molecule has 0 bridgehead atoms. The molecule has 30 heavy (non-hydrogen) atoms. The van der Waals surface area contributed by atoms with Crippen molar-refractivity contribution in [3.05, 3.63) is 57.1 Å². The highest BCUT2D eigenvalue weighted by molar-refractivity contribution is 7.89. The summed E-state index contributed by atoms with van der Waals surface area (Å²) < 4.78 is 32.6. The second kappa shape index (κ2) is 8.85. The summed E-state index contributed by atoms with van der Waals surface area (Å²) in [6.07, 6.45) is 4.10. The van der Waals surface area contributed by atoms with Crippen molar-refractivity contribution in [2.75, 3.05) is 31.6 Å². The topological polar surface area (TPSA) is 75.7 Å². The third-order valence-corrected chi connectivity index (χ3v) is 8.17. The van der Waals surface area contributed by atoms with E-state index < -0.39 is 15.9 Å². The summed E-state index contributed by atoms with van der Waals surface area (Å²) in [6, 6.07) is 8.42. The lowest BCUT2D eigenvalue weighted by molar-refractivity contribution is 0.0730. The van der Waals surface area contributed by atoms with Gasteiger partial charge in [0.2, 0.25) is 10.0 Å². The van der Waals surface area contributed by atoms with E-state index in [1.54, 1.807) is 0 Å². The number of carbonyl (C=O) groups is 1. The number of benzene rings is 2. The quantitative estimate of drug-likeness (QED) is 0.730. The number of morpholine rings is 1. The summed E-state index contributed by atoms with van der Waals surface area (Å²) in [5.41, 5.74) is 3.17. The highest BCUT2D eigenvalue weighted by Crippen LogP contribution is 2.33. The SMILES string of the molecule is O=C(Nc1cccc2c1CCCC2)c1cc(S(=O)(=O)N2CCOCC2)c(Cl)cc1Cl. The van der Waals surface area contributed by atoms with Crippen LogP contribution < -0.4 is 5.32 Å². The van der Waals surface area contributed by atoms with E-state index in [0.717, 1.165) is 36.9 Å². The Hall–Kier alpha value is -1.64. The summed E-state index contributed by atoms with van der Waals surface area (Å²) >= 11 is 12.5. The van der Waals surface area contributed by atoms with Gasteiger partial charge >= 0.3 is 0 Å². The maximum atomic E-state index is 13.1. The van der Waals surface area contributed by atoms with E-state index in [1.165, 1.54) is 22.0 Å². The van der Waals surface area contributed by atoms with Gasteiger partial charge in [0.05, 0.1) is 28.8 Å². The van der Waals surface area contributed by atoms with Crippen LogP contribution in [0.25, 0.3) is 0 Å². The van der Waals surface area contributed by atoms with E-state index in [-0.39, 0.29) is 33.6 Å². The van der Waals surface area contributed by atoms with Crippen molar-refractivity contribution in [2.24, 2.45) is 0 Å². The molecule has 160 valence electrons. The van der Waals surface area contributed by atoms with Gasteiger partial charge in [-0.15, -0.1) is 0 Å².